The maximum Gasteiger partial charge on any atom is 0.157 e. The normalized spacial score (nSPS) is 11.3. The maximum atomic E-state index is 9.85. The highest BCUT2D eigenvalue weighted by Crippen LogP contribution is 2.31. The van der Waals surface area contributed by atoms with E-state index < -0.39 is 0 Å². The third-order valence-electron chi connectivity index (χ3n) is 5.04. The van der Waals surface area contributed by atoms with Crippen molar-refractivity contribution in [3.63, 3.8) is 0 Å². The van der Waals surface area contributed by atoms with E-state index in [0.717, 1.165) is 53.1 Å². The van der Waals surface area contributed by atoms with Gasteiger partial charge < -0.3 is 0 Å². The average Bonchev–Trinajstić information content (AvgIpc) is 3.23. The summed E-state index contributed by atoms with van der Waals surface area (Å²) in [7, 11) is 0. The van der Waals surface area contributed by atoms with Gasteiger partial charge in [-0.3, -0.25) is 8.97 Å². The van der Waals surface area contributed by atoms with Gasteiger partial charge in [0.25, 0.3) is 0 Å². The molecule has 0 fully saturated rings. The first-order valence-electron chi connectivity index (χ1n) is 9.00. The molecule has 4 rings (SSSR count). The molecule has 1 aromatic carbocycles. The van der Waals surface area contributed by atoms with Crippen LogP contribution in [0.1, 0.15) is 42.3 Å². The standard InChI is InChI=1S/C21H21N5/c1-4-5-8-16-14(2)17(13-22)20-24-18-9-6-7-10-19(18)26(20)21(16)25-12-11-23-15(25)3/h6-7,9-12H,4-5,8H2,1-3H3. The Morgan fingerprint density at radius 1 is 1.19 bits per heavy atom. The fourth-order valence-electron chi connectivity index (χ4n) is 3.67. The van der Waals surface area contributed by atoms with Crippen LogP contribution in [0.3, 0.4) is 0 Å². The van der Waals surface area contributed by atoms with E-state index in [-0.39, 0.29) is 0 Å². The van der Waals surface area contributed by atoms with E-state index in [2.05, 4.69) is 33.0 Å². The van der Waals surface area contributed by atoms with Crippen LogP contribution in [0.25, 0.3) is 22.5 Å². The van der Waals surface area contributed by atoms with Gasteiger partial charge in [0.05, 0.1) is 16.6 Å². The fourth-order valence-corrected chi connectivity index (χ4v) is 3.67. The van der Waals surface area contributed by atoms with Gasteiger partial charge in [-0.2, -0.15) is 5.26 Å². The van der Waals surface area contributed by atoms with Crippen LogP contribution in [-0.2, 0) is 6.42 Å². The van der Waals surface area contributed by atoms with Crippen molar-refractivity contribution in [1.29, 1.82) is 5.26 Å². The zero-order valence-corrected chi connectivity index (χ0v) is 15.3. The number of fused-ring (bicyclic) bond motifs is 3. The molecule has 5 nitrogen and oxygen atoms in total. The summed E-state index contributed by atoms with van der Waals surface area (Å²) in [6.45, 7) is 6.23. The van der Waals surface area contributed by atoms with Crippen molar-refractivity contribution in [1.82, 2.24) is 18.9 Å². The minimum atomic E-state index is 0.661. The quantitative estimate of drug-likeness (QED) is 0.548. The first-order chi connectivity index (χ1) is 12.7. The molecule has 0 unspecified atom stereocenters. The van der Waals surface area contributed by atoms with Crippen LogP contribution >= 0.6 is 0 Å². The molecule has 5 heteroatoms. The zero-order valence-electron chi connectivity index (χ0n) is 15.3. The van der Waals surface area contributed by atoms with E-state index in [0.29, 0.717) is 5.56 Å². The van der Waals surface area contributed by atoms with Crippen molar-refractivity contribution >= 4 is 16.7 Å². The molecule has 0 aliphatic carbocycles. The summed E-state index contributed by atoms with van der Waals surface area (Å²) in [5.74, 6) is 1.97. The van der Waals surface area contributed by atoms with E-state index in [1.807, 2.05) is 44.4 Å². The van der Waals surface area contributed by atoms with Crippen molar-refractivity contribution in [2.75, 3.05) is 0 Å². The second-order valence-corrected chi connectivity index (χ2v) is 6.62. The first kappa shape index (κ1) is 16.3. The molecule has 0 saturated carbocycles. The lowest BCUT2D eigenvalue weighted by molar-refractivity contribution is 0.771. The van der Waals surface area contributed by atoms with Gasteiger partial charge in [-0.05, 0) is 49.9 Å². The summed E-state index contributed by atoms with van der Waals surface area (Å²) in [6.07, 6.45) is 6.90. The molecular weight excluding hydrogens is 322 g/mol. The molecule has 0 spiro atoms. The molecule has 130 valence electrons. The molecule has 0 radical (unpaired) electrons. The molecule has 0 aliphatic rings. The smallest absolute Gasteiger partial charge is 0.157 e. The Bertz CT molecular complexity index is 1160. The lowest BCUT2D eigenvalue weighted by atomic mass is 9.99. The highest BCUT2D eigenvalue weighted by Gasteiger charge is 2.22. The fraction of sp³-hybridized carbons (Fsp3) is 0.286. The molecule has 3 aromatic heterocycles. The molecule has 0 aliphatic heterocycles. The van der Waals surface area contributed by atoms with Crippen LogP contribution in [0.4, 0.5) is 0 Å². The minimum Gasteiger partial charge on any atom is -0.289 e. The average molecular weight is 343 g/mol. The number of hydrogen-bond acceptors (Lipinski definition) is 3. The predicted molar refractivity (Wildman–Crippen MR) is 103 cm³/mol. The van der Waals surface area contributed by atoms with E-state index in [1.54, 1.807) is 0 Å². The number of nitriles is 1. The van der Waals surface area contributed by atoms with Gasteiger partial charge in [-0.15, -0.1) is 0 Å². The molecule has 3 heterocycles. The van der Waals surface area contributed by atoms with Crippen molar-refractivity contribution in [3.05, 3.63) is 59.2 Å². The Morgan fingerprint density at radius 2 is 2.00 bits per heavy atom. The Hall–Kier alpha value is -3.13. The lowest BCUT2D eigenvalue weighted by Gasteiger charge is -2.19. The molecule has 26 heavy (non-hydrogen) atoms. The van der Waals surface area contributed by atoms with Crippen LogP contribution in [0.5, 0.6) is 0 Å². The second kappa shape index (κ2) is 6.30. The Kier molecular flexibility index (Phi) is 3.96. The molecule has 0 amide bonds. The molecular formula is C21H21N5. The zero-order chi connectivity index (χ0) is 18.3. The van der Waals surface area contributed by atoms with Gasteiger partial charge >= 0.3 is 0 Å². The van der Waals surface area contributed by atoms with Crippen LogP contribution in [0.2, 0.25) is 0 Å². The topological polar surface area (TPSA) is 58.9 Å². The van der Waals surface area contributed by atoms with Crippen LogP contribution < -0.4 is 0 Å². The number of hydrogen-bond donors (Lipinski definition) is 0. The van der Waals surface area contributed by atoms with Crippen LogP contribution in [-0.4, -0.2) is 18.9 Å². The van der Waals surface area contributed by atoms with E-state index in [4.69, 9.17) is 4.98 Å². The summed E-state index contributed by atoms with van der Waals surface area (Å²) in [5, 5.41) is 9.85. The van der Waals surface area contributed by atoms with E-state index in [9.17, 15) is 5.26 Å². The molecule has 0 atom stereocenters. The van der Waals surface area contributed by atoms with Crippen molar-refractivity contribution in [2.45, 2.75) is 40.0 Å². The maximum absolute atomic E-state index is 9.85. The largest absolute Gasteiger partial charge is 0.289 e. The van der Waals surface area contributed by atoms with Crippen molar-refractivity contribution in [3.8, 4) is 11.9 Å². The Labute approximate surface area is 152 Å². The number of unbranched alkanes of at least 4 members (excludes halogenated alkanes) is 1. The molecule has 0 N–H and O–H groups in total. The number of para-hydroxylation sites is 2. The SMILES string of the molecule is CCCCc1c(C)c(C#N)c2nc3ccccc3n2c1-n1ccnc1C. The van der Waals surface area contributed by atoms with Crippen molar-refractivity contribution < 1.29 is 0 Å². The van der Waals surface area contributed by atoms with Crippen molar-refractivity contribution in [2.24, 2.45) is 0 Å². The van der Waals surface area contributed by atoms with Gasteiger partial charge in [0.15, 0.2) is 5.65 Å². The van der Waals surface area contributed by atoms with Gasteiger partial charge in [-0.1, -0.05) is 25.5 Å². The highest BCUT2D eigenvalue weighted by atomic mass is 15.2. The number of aryl methyl sites for hydroxylation is 1. The Balaban J connectivity index is 2.24. The van der Waals surface area contributed by atoms with E-state index >= 15 is 0 Å². The minimum absolute atomic E-state index is 0.661. The lowest BCUT2D eigenvalue weighted by Crippen LogP contribution is -2.12. The third kappa shape index (κ3) is 2.30. The number of imidazole rings is 2. The second-order valence-electron chi connectivity index (χ2n) is 6.62. The number of benzene rings is 1. The number of aromatic nitrogens is 4. The van der Waals surface area contributed by atoms with E-state index in [1.165, 1.54) is 5.56 Å². The van der Waals surface area contributed by atoms with Gasteiger partial charge in [0.2, 0.25) is 0 Å². The molecule has 0 bridgehead atoms. The van der Waals surface area contributed by atoms with Gasteiger partial charge in [0.1, 0.15) is 17.7 Å². The molecule has 4 aromatic rings. The number of rotatable bonds is 4. The van der Waals surface area contributed by atoms with Crippen LogP contribution in [0, 0.1) is 25.2 Å². The van der Waals surface area contributed by atoms with Gasteiger partial charge in [0, 0.05) is 12.4 Å². The number of nitrogens with zero attached hydrogens (tertiary/aromatic N) is 5. The third-order valence-corrected chi connectivity index (χ3v) is 5.04. The predicted octanol–water partition coefficient (Wildman–Crippen LogP) is 4.50. The summed E-state index contributed by atoms with van der Waals surface area (Å²) < 4.78 is 4.24. The first-order valence-corrected chi connectivity index (χ1v) is 9.00. The summed E-state index contributed by atoms with van der Waals surface area (Å²) in [4.78, 5) is 9.20. The highest BCUT2D eigenvalue weighted by molar-refractivity contribution is 5.85. The van der Waals surface area contributed by atoms with Gasteiger partial charge in [-0.25, -0.2) is 9.97 Å². The summed E-state index contributed by atoms with van der Waals surface area (Å²) in [5.41, 5.74) is 5.50. The number of pyridine rings is 1. The van der Waals surface area contributed by atoms with Crippen LogP contribution in [0.15, 0.2) is 36.7 Å². The Morgan fingerprint density at radius 3 is 2.69 bits per heavy atom. The molecule has 0 saturated heterocycles. The summed E-state index contributed by atoms with van der Waals surface area (Å²) >= 11 is 0. The monoisotopic (exact) mass is 343 g/mol. The summed E-state index contributed by atoms with van der Waals surface area (Å²) in [6, 6.07) is 10.4.